The number of rotatable bonds is 4. The largest absolute Gasteiger partial charge is 0.573 e. The molecule has 132 valence electrons. The second kappa shape index (κ2) is 6.54. The lowest BCUT2D eigenvalue weighted by molar-refractivity contribution is -0.275. The Bertz CT molecular complexity index is 792. The van der Waals surface area contributed by atoms with Gasteiger partial charge in [-0.05, 0) is 18.2 Å². The predicted octanol–water partition coefficient (Wildman–Crippen LogP) is 3.59. The highest BCUT2D eigenvalue weighted by atomic mass is 19.4. The van der Waals surface area contributed by atoms with Crippen molar-refractivity contribution in [2.45, 2.75) is 12.9 Å². The predicted molar refractivity (Wildman–Crippen MR) is 81.5 cm³/mol. The van der Waals surface area contributed by atoms with Crippen LogP contribution in [0, 0.1) is 0 Å². The van der Waals surface area contributed by atoms with E-state index in [1.54, 1.807) is 24.3 Å². The van der Waals surface area contributed by atoms with E-state index in [9.17, 15) is 18.0 Å². The molecule has 0 saturated heterocycles. The Morgan fingerprint density at radius 3 is 2.68 bits per heavy atom. The zero-order valence-corrected chi connectivity index (χ0v) is 13.2. The first-order valence-electron chi connectivity index (χ1n) is 7.33. The van der Waals surface area contributed by atoms with Crippen molar-refractivity contribution in [2.24, 2.45) is 0 Å². The van der Waals surface area contributed by atoms with E-state index in [0.29, 0.717) is 11.5 Å². The number of para-hydroxylation sites is 2. The summed E-state index contributed by atoms with van der Waals surface area (Å²) < 4.78 is 52.0. The van der Waals surface area contributed by atoms with Crippen molar-refractivity contribution < 1.29 is 32.2 Å². The molecule has 8 heteroatoms. The van der Waals surface area contributed by atoms with Gasteiger partial charge in [0.05, 0.1) is 5.56 Å². The van der Waals surface area contributed by atoms with Crippen molar-refractivity contribution in [3.63, 3.8) is 0 Å². The molecule has 0 fully saturated rings. The van der Waals surface area contributed by atoms with Crippen LogP contribution in [0.25, 0.3) is 0 Å². The van der Waals surface area contributed by atoms with Gasteiger partial charge in [0.25, 0.3) is 5.91 Å². The third kappa shape index (κ3) is 3.78. The fourth-order valence-corrected chi connectivity index (χ4v) is 2.49. The zero-order valence-electron chi connectivity index (χ0n) is 13.2. The van der Waals surface area contributed by atoms with Gasteiger partial charge in [-0.1, -0.05) is 24.3 Å². The number of alkyl halides is 3. The molecule has 1 aliphatic heterocycles. The van der Waals surface area contributed by atoms with E-state index in [2.05, 4.69) is 4.74 Å². The Balaban J connectivity index is 1.80. The Hall–Kier alpha value is -2.90. The van der Waals surface area contributed by atoms with Crippen molar-refractivity contribution >= 4 is 5.91 Å². The first kappa shape index (κ1) is 16.9. The van der Waals surface area contributed by atoms with Crippen LogP contribution in [-0.2, 0) is 6.54 Å². The molecule has 0 bridgehead atoms. The first-order valence-corrected chi connectivity index (χ1v) is 7.33. The Morgan fingerprint density at radius 1 is 1.16 bits per heavy atom. The lowest BCUT2D eigenvalue weighted by Gasteiger charge is -2.20. The number of hydrogen-bond acceptors (Lipinski definition) is 4. The first-order chi connectivity index (χ1) is 11.8. The minimum atomic E-state index is -4.80. The van der Waals surface area contributed by atoms with E-state index in [4.69, 9.17) is 9.47 Å². The maximum absolute atomic E-state index is 12.6. The number of carbonyl (C=O) groups is 1. The van der Waals surface area contributed by atoms with E-state index >= 15 is 0 Å². The molecule has 0 aliphatic carbocycles. The van der Waals surface area contributed by atoms with Crippen LogP contribution in [0.1, 0.15) is 15.9 Å². The minimum Gasteiger partial charge on any atom is -0.454 e. The van der Waals surface area contributed by atoms with Crippen LogP contribution in [-0.4, -0.2) is 31.0 Å². The van der Waals surface area contributed by atoms with Crippen molar-refractivity contribution in [3.8, 4) is 17.2 Å². The van der Waals surface area contributed by atoms with E-state index in [-0.39, 0.29) is 30.2 Å². The SMILES string of the molecule is CN(Cc1ccccc1OC(F)(F)F)C(=O)c1cccc2c1OCO2. The summed E-state index contributed by atoms with van der Waals surface area (Å²) in [7, 11) is 1.49. The minimum absolute atomic E-state index is 0.0194. The molecule has 0 unspecified atom stereocenters. The van der Waals surface area contributed by atoms with E-state index in [1.807, 2.05) is 0 Å². The van der Waals surface area contributed by atoms with Crippen LogP contribution in [0.3, 0.4) is 0 Å². The molecule has 3 rings (SSSR count). The molecule has 25 heavy (non-hydrogen) atoms. The van der Waals surface area contributed by atoms with Gasteiger partial charge in [0.2, 0.25) is 6.79 Å². The van der Waals surface area contributed by atoms with Gasteiger partial charge in [0.1, 0.15) is 5.75 Å². The summed E-state index contributed by atoms with van der Waals surface area (Å²) in [4.78, 5) is 13.9. The van der Waals surface area contributed by atoms with Gasteiger partial charge in [-0.25, -0.2) is 0 Å². The van der Waals surface area contributed by atoms with Crippen molar-refractivity contribution in [1.29, 1.82) is 0 Å². The molecule has 2 aromatic rings. The Morgan fingerprint density at radius 2 is 1.92 bits per heavy atom. The van der Waals surface area contributed by atoms with Crippen LogP contribution >= 0.6 is 0 Å². The van der Waals surface area contributed by atoms with Crippen LogP contribution in [0.4, 0.5) is 13.2 Å². The van der Waals surface area contributed by atoms with Crippen LogP contribution in [0.5, 0.6) is 17.2 Å². The molecule has 0 aromatic heterocycles. The highest BCUT2D eigenvalue weighted by Gasteiger charge is 2.32. The maximum atomic E-state index is 12.6. The van der Waals surface area contributed by atoms with E-state index in [1.165, 1.54) is 30.1 Å². The maximum Gasteiger partial charge on any atom is 0.573 e. The van der Waals surface area contributed by atoms with E-state index < -0.39 is 12.3 Å². The second-order valence-corrected chi connectivity index (χ2v) is 5.36. The summed E-state index contributed by atoms with van der Waals surface area (Å²) in [6, 6.07) is 10.6. The van der Waals surface area contributed by atoms with Crippen molar-refractivity contribution in [2.75, 3.05) is 13.8 Å². The van der Waals surface area contributed by atoms with Crippen molar-refractivity contribution in [3.05, 3.63) is 53.6 Å². The van der Waals surface area contributed by atoms with Gasteiger partial charge in [-0.15, -0.1) is 13.2 Å². The lowest BCUT2D eigenvalue weighted by atomic mass is 10.1. The van der Waals surface area contributed by atoms with E-state index in [0.717, 1.165) is 0 Å². The molecule has 0 N–H and O–H groups in total. The fraction of sp³-hybridized carbons (Fsp3) is 0.235. The van der Waals surface area contributed by atoms with Crippen LogP contribution in [0.15, 0.2) is 42.5 Å². The quantitative estimate of drug-likeness (QED) is 0.843. The summed E-state index contributed by atoms with van der Waals surface area (Å²) in [5.74, 6) is 0.0518. The molecule has 1 amide bonds. The highest BCUT2D eigenvalue weighted by molar-refractivity contribution is 5.97. The van der Waals surface area contributed by atoms with Gasteiger partial charge in [0.15, 0.2) is 11.5 Å². The smallest absolute Gasteiger partial charge is 0.454 e. The van der Waals surface area contributed by atoms with Gasteiger partial charge in [-0.3, -0.25) is 4.79 Å². The lowest BCUT2D eigenvalue weighted by Crippen LogP contribution is -2.27. The summed E-state index contributed by atoms with van der Waals surface area (Å²) in [6.45, 7) is -0.0405. The summed E-state index contributed by atoms with van der Waals surface area (Å²) >= 11 is 0. The van der Waals surface area contributed by atoms with Crippen molar-refractivity contribution in [1.82, 2.24) is 4.90 Å². The van der Waals surface area contributed by atoms with Gasteiger partial charge >= 0.3 is 6.36 Å². The normalized spacial score (nSPS) is 12.8. The third-order valence-corrected chi connectivity index (χ3v) is 3.58. The number of hydrogen-bond donors (Lipinski definition) is 0. The monoisotopic (exact) mass is 353 g/mol. The molecule has 1 aliphatic rings. The number of amides is 1. The zero-order chi connectivity index (χ0) is 18.0. The molecular weight excluding hydrogens is 339 g/mol. The molecule has 0 spiro atoms. The Kier molecular flexibility index (Phi) is 4.43. The van der Waals surface area contributed by atoms with Crippen LogP contribution < -0.4 is 14.2 Å². The Labute approximate surface area is 141 Å². The second-order valence-electron chi connectivity index (χ2n) is 5.36. The molecule has 1 heterocycles. The molecule has 0 atom stereocenters. The van der Waals surface area contributed by atoms with Gasteiger partial charge < -0.3 is 19.1 Å². The number of fused-ring (bicyclic) bond motifs is 1. The number of halogens is 3. The molecule has 0 radical (unpaired) electrons. The fourth-order valence-electron chi connectivity index (χ4n) is 2.49. The summed E-state index contributed by atoms with van der Waals surface area (Å²) in [5, 5.41) is 0. The highest BCUT2D eigenvalue weighted by Crippen LogP contribution is 2.36. The third-order valence-electron chi connectivity index (χ3n) is 3.58. The average Bonchev–Trinajstić information content (AvgIpc) is 3.03. The van der Waals surface area contributed by atoms with Crippen LogP contribution in [0.2, 0.25) is 0 Å². The number of nitrogens with zero attached hydrogens (tertiary/aromatic N) is 1. The molecule has 0 saturated carbocycles. The summed E-state index contributed by atoms with van der Waals surface area (Å²) in [6.07, 6.45) is -4.80. The number of carbonyl (C=O) groups excluding carboxylic acids is 1. The van der Waals surface area contributed by atoms with Gasteiger partial charge in [0, 0.05) is 19.2 Å². The molecule has 5 nitrogen and oxygen atoms in total. The summed E-state index contributed by atoms with van der Waals surface area (Å²) in [5.41, 5.74) is 0.521. The molecular formula is C17H14F3NO4. The topological polar surface area (TPSA) is 48.0 Å². The standard InChI is InChI=1S/C17H14F3NO4/c1-21(9-11-5-2-3-7-13(11)25-17(18,19)20)16(22)12-6-4-8-14-15(12)24-10-23-14/h2-8H,9-10H2,1H3. The molecule has 2 aromatic carbocycles. The number of benzene rings is 2. The average molecular weight is 353 g/mol. The number of ether oxygens (including phenoxy) is 3. The van der Waals surface area contributed by atoms with Gasteiger partial charge in [-0.2, -0.15) is 0 Å².